The van der Waals surface area contributed by atoms with Crippen LogP contribution in [-0.4, -0.2) is 55.7 Å². The van der Waals surface area contributed by atoms with Crippen LogP contribution in [0.25, 0.3) is 0 Å². The molecule has 17 heavy (non-hydrogen) atoms. The Balaban J connectivity index is 2.58. The Morgan fingerprint density at radius 3 is 2.76 bits per heavy atom. The van der Waals surface area contributed by atoms with Gasteiger partial charge in [0.1, 0.15) is 5.60 Å². The number of nitrogens with zero attached hydrogens (tertiary/aromatic N) is 2. The molecule has 0 radical (unpaired) electrons. The minimum atomic E-state index is -0.456. The molecular formula is C12H22N2O3. The van der Waals surface area contributed by atoms with Gasteiger partial charge < -0.3 is 14.4 Å². The van der Waals surface area contributed by atoms with E-state index in [0.717, 1.165) is 18.7 Å². The van der Waals surface area contributed by atoms with E-state index < -0.39 is 5.60 Å². The Labute approximate surface area is 103 Å². The highest BCUT2D eigenvalue weighted by molar-refractivity contribution is 5.90. The first-order valence-corrected chi connectivity index (χ1v) is 5.91. The molecule has 0 saturated heterocycles. The predicted molar refractivity (Wildman–Crippen MR) is 66.6 cm³/mol. The second-order valence-corrected chi connectivity index (χ2v) is 5.14. The zero-order valence-corrected chi connectivity index (χ0v) is 11.2. The lowest BCUT2D eigenvalue weighted by atomic mass is 10.2. The molecule has 1 heterocycles. The molecule has 0 aromatic carbocycles. The fourth-order valence-electron chi connectivity index (χ4n) is 1.59. The summed E-state index contributed by atoms with van der Waals surface area (Å²) in [6, 6.07) is 0. The van der Waals surface area contributed by atoms with Gasteiger partial charge in [0.2, 0.25) is 0 Å². The van der Waals surface area contributed by atoms with Gasteiger partial charge >= 0.3 is 6.09 Å². The average Bonchev–Trinajstić information content (AvgIpc) is 2.41. The van der Waals surface area contributed by atoms with Gasteiger partial charge in [-0.05, 0) is 27.2 Å². The van der Waals surface area contributed by atoms with Crippen LogP contribution in [-0.2, 0) is 9.47 Å². The summed E-state index contributed by atoms with van der Waals surface area (Å²) in [5.41, 5.74) is 0.443. The standard InChI is InChI=1S/C12H22N2O3/c1-12(2,3)17-11(15)14-7-5-6-13-10(8-14)9-16-4/h5-9H2,1-4H3. The Hall–Kier alpha value is -1.10. The molecule has 5 nitrogen and oxygen atoms in total. The van der Waals surface area contributed by atoms with E-state index in [2.05, 4.69) is 4.99 Å². The minimum Gasteiger partial charge on any atom is -0.444 e. The van der Waals surface area contributed by atoms with E-state index in [1.54, 1.807) is 12.0 Å². The van der Waals surface area contributed by atoms with Crippen molar-refractivity contribution in [3.8, 4) is 0 Å². The van der Waals surface area contributed by atoms with Crippen molar-refractivity contribution in [3.63, 3.8) is 0 Å². The number of carbonyl (C=O) groups is 1. The highest BCUT2D eigenvalue weighted by Crippen LogP contribution is 2.11. The summed E-state index contributed by atoms with van der Waals surface area (Å²) in [5.74, 6) is 0. The topological polar surface area (TPSA) is 51.1 Å². The van der Waals surface area contributed by atoms with Gasteiger partial charge in [0.05, 0.1) is 18.9 Å². The van der Waals surface area contributed by atoms with Crippen molar-refractivity contribution in [3.05, 3.63) is 0 Å². The van der Waals surface area contributed by atoms with Gasteiger partial charge in [-0.3, -0.25) is 4.99 Å². The maximum absolute atomic E-state index is 11.9. The van der Waals surface area contributed by atoms with Crippen molar-refractivity contribution in [2.45, 2.75) is 32.8 Å². The van der Waals surface area contributed by atoms with E-state index in [1.807, 2.05) is 20.8 Å². The monoisotopic (exact) mass is 242 g/mol. The van der Waals surface area contributed by atoms with Crippen molar-refractivity contribution < 1.29 is 14.3 Å². The second-order valence-electron chi connectivity index (χ2n) is 5.14. The van der Waals surface area contributed by atoms with Gasteiger partial charge in [0, 0.05) is 20.2 Å². The third-order valence-corrected chi connectivity index (χ3v) is 2.26. The van der Waals surface area contributed by atoms with E-state index in [0.29, 0.717) is 19.7 Å². The summed E-state index contributed by atoms with van der Waals surface area (Å²) >= 11 is 0. The summed E-state index contributed by atoms with van der Waals surface area (Å²) in [6.45, 7) is 8.01. The molecule has 0 fully saturated rings. The first-order chi connectivity index (χ1) is 7.92. The van der Waals surface area contributed by atoms with E-state index in [1.165, 1.54) is 0 Å². The van der Waals surface area contributed by atoms with Crippen LogP contribution in [0.4, 0.5) is 4.79 Å². The molecule has 1 rings (SSSR count). The highest BCUT2D eigenvalue weighted by atomic mass is 16.6. The van der Waals surface area contributed by atoms with Crippen molar-refractivity contribution in [2.24, 2.45) is 4.99 Å². The minimum absolute atomic E-state index is 0.275. The number of rotatable bonds is 2. The molecule has 0 N–H and O–H groups in total. The Morgan fingerprint density at radius 2 is 2.18 bits per heavy atom. The highest BCUT2D eigenvalue weighted by Gasteiger charge is 2.23. The van der Waals surface area contributed by atoms with Crippen LogP contribution in [0.1, 0.15) is 27.2 Å². The molecule has 0 bridgehead atoms. The van der Waals surface area contributed by atoms with Crippen LogP contribution >= 0.6 is 0 Å². The fraction of sp³-hybridized carbons (Fsp3) is 0.833. The molecule has 0 saturated carbocycles. The number of carbonyl (C=O) groups excluding carboxylic acids is 1. The second kappa shape index (κ2) is 6.00. The Kier molecular flexibility index (Phi) is 4.93. The molecule has 98 valence electrons. The lowest BCUT2D eigenvalue weighted by Gasteiger charge is -2.26. The Bertz CT molecular complexity index is 295. The summed E-state index contributed by atoms with van der Waals surface area (Å²) < 4.78 is 10.4. The molecule has 0 unspecified atom stereocenters. The maximum Gasteiger partial charge on any atom is 0.410 e. The van der Waals surface area contributed by atoms with Crippen LogP contribution in [0.3, 0.4) is 0 Å². The predicted octanol–water partition coefficient (Wildman–Crippen LogP) is 1.71. The maximum atomic E-state index is 11.9. The van der Waals surface area contributed by atoms with Crippen molar-refractivity contribution in [1.82, 2.24) is 4.90 Å². The first-order valence-electron chi connectivity index (χ1n) is 5.91. The summed E-state index contributed by atoms with van der Waals surface area (Å²) in [6.07, 6.45) is 0.593. The molecule has 1 amide bonds. The SMILES string of the molecule is COCC1=NCCCN(C(=O)OC(C)(C)C)C1. The number of hydrogen-bond acceptors (Lipinski definition) is 4. The molecular weight excluding hydrogens is 220 g/mol. The zero-order chi connectivity index (χ0) is 12.9. The van der Waals surface area contributed by atoms with Crippen molar-refractivity contribution >= 4 is 11.8 Å². The first kappa shape index (κ1) is 14.0. The molecule has 1 aliphatic heterocycles. The third kappa shape index (κ3) is 5.17. The van der Waals surface area contributed by atoms with Crippen LogP contribution < -0.4 is 0 Å². The van der Waals surface area contributed by atoms with Crippen LogP contribution in [0.2, 0.25) is 0 Å². The molecule has 5 heteroatoms. The molecule has 0 atom stereocenters. The zero-order valence-electron chi connectivity index (χ0n) is 11.2. The quantitative estimate of drug-likeness (QED) is 0.740. The van der Waals surface area contributed by atoms with Gasteiger partial charge in [-0.1, -0.05) is 0 Å². The van der Waals surface area contributed by atoms with E-state index in [4.69, 9.17) is 9.47 Å². The van der Waals surface area contributed by atoms with E-state index >= 15 is 0 Å². The third-order valence-electron chi connectivity index (χ3n) is 2.26. The summed E-state index contributed by atoms with van der Waals surface area (Å²) in [5, 5.41) is 0. The van der Waals surface area contributed by atoms with Crippen molar-refractivity contribution in [1.29, 1.82) is 0 Å². The van der Waals surface area contributed by atoms with Gasteiger partial charge in [-0.2, -0.15) is 0 Å². The number of ether oxygens (including phenoxy) is 2. The normalized spacial score (nSPS) is 17.4. The number of aliphatic imine (C=N–C) groups is 1. The lowest BCUT2D eigenvalue weighted by molar-refractivity contribution is 0.0279. The van der Waals surface area contributed by atoms with Crippen LogP contribution in [0.5, 0.6) is 0 Å². The van der Waals surface area contributed by atoms with E-state index in [-0.39, 0.29) is 6.09 Å². The van der Waals surface area contributed by atoms with Crippen LogP contribution in [0.15, 0.2) is 4.99 Å². The molecule has 1 aliphatic rings. The summed E-state index contributed by atoms with van der Waals surface area (Å²) in [7, 11) is 1.63. The Morgan fingerprint density at radius 1 is 1.47 bits per heavy atom. The van der Waals surface area contributed by atoms with Gasteiger partial charge in [0.25, 0.3) is 0 Å². The van der Waals surface area contributed by atoms with Gasteiger partial charge in [-0.15, -0.1) is 0 Å². The molecule has 0 aromatic rings. The fourth-order valence-corrected chi connectivity index (χ4v) is 1.59. The average molecular weight is 242 g/mol. The lowest BCUT2D eigenvalue weighted by Crippen LogP contribution is -2.40. The van der Waals surface area contributed by atoms with Crippen LogP contribution in [0, 0.1) is 0 Å². The smallest absolute Gasteiger partial charge is 0.410 e. The molecule has 0 spiro atoms. The molecule has 0 aliphatic carbocycles. The largest absolute Gasteiger partial charge is 0.444 e. The molecule has 0 aromatic heterocycles. The number of hydrogen-bond donors (Lipinski definition) is 0. The van der Waals surface area contributed by atoms with Crippen molar-refractivity contribution in [2.75, 3.05) is 33.4 Å². The summed E-state index contributed by atoms with van der Waals surface area (Å²) in [4.78, 5) is 18.0. The van der Waals surface area contributed by atoms with Gasteiger partial charge in [-0.25, -0.2) is 4.79 Å². The van der Waals surface area contributed by atoms with E-state index in [9.17, 15) is 4.79 Å². The number of methoxy groups -OCH3 is 1. The number of amides is 1. The van der Waals surface area contributed by atoms with Gasteiger partial charge in [0.15, 0.2) is 0 Å².